The zero-order valence-corrected chi connectivity index (χ0v) is 8.78. The Labute approximate surface area is 85.2 Å². The number of rotatable bonds is 3. The summed E-state index contributed by atoms with van der Waals surface area (Å²) in [5, 5.41) is 13.8. The maximum absolute atomic E-state index is 9.48. The van der Waals surface area contributed by atoms with Crippen molar-refractivity contribution in [3.8, 4) is 5.75 Å². The zero-order chi connectivity index (χ0) is 9.68. The molecule has 0 aliphatic carbocycles. The highest BCUT2D eigenvalue weighted by Crippen LogP contribution is 2.17. The van der Waals surface area contributed by atoms with Gasteiger partial charge in [-0.3, -0.25) is 0 Å². The fourth-order valence-corrected chi connectivity index (χ4v) is 1.38. The number of oxime groups is 1. The van der Waals surface area contributed by atoms with Gasteiger partial charge in [-0.1, -0.05) is 33.2 Å². The number of aromatic hydroxyl groups is 1. The predicted octanol–water partition coefficient (Wildman–Crippen LogP) is 2.14. The molecule has 0 bridgehead atoms. The lowest BCUT2D eigenvalue weighted by atomic mass is 10.1. The summed E-state index contributed by atoms with van der Waals surface area (Å²) in [6, 6.07) is 7.00. The van der Waals surface area contributed by atoms with Crippen molar-refractivity contribution < 1.29 is 9.94 Å². The topological polar surface area (TPSA) is 41.8 Å². The second-order valence-corrected chi connectivity index (χ2v) is 2.93. The van der Waals surface area contributed by atoms with Crippen LogP contribution in [0.3, 0.4) is 0 Å². The van der Waals surface area contributed by atoms with Crippen LogP contribution in [0.2, 0.25) is 0 Å². The molecular weight excluding hydrogens is 234 g/mol. The number of hydrogen-bond donors (Lipinski definition) is 1. The molecule has 0 saturated carbocycles. The Bertz CT molecular complexity index is 312. The lowest BCUT2D eigenvalue weighted by Crippen LogP contribution is -2.02. The standard InChI is InChI=1S/C9H10BrNO2/c1-13-11-8(6-10)7-4-2-3-5-9(7)12/h2-5,12H,6H2,1H3/b11-8+. The summed E-state index contributed by atoms with van der Waals surface area (Å²) in [5.74, 6) is 0.206. The van der Waals surface area contributed by atoms with E-state index in [1.165, 1.54) is 7.11 Å². The van der Waals surface area contributed by atoms with Crippen molar-refractivity contribution in [3.63, 3.8) is 0 Å². The molecule has 1 N–H and O–H groups in total. The Morgan fingerprint density at radius 2 is 2.23 bits per heavy atom. The van der Waals surface area contributed by atoms with Crippen LogP contribution in [0.4, 0.5) is 0 Å². The van der Waals surface area contributed by atoms with Gasteiger partial charge in [-0.2, -0.15) is 0 Å². The number of phenolic OH excluding ortho intramolecular Hbond substituents is 1. The van der Waals surface area contributed by atoms with Gasteiger partial charge >= 0.3 is 0 Å². The van der Waals surface area contributed by atoms with E-state index in [2.05, 4.69) is 25.9 Å². The Kier molecular flexibility index (Phi) is 3.76. The lowest BCUT2D eigenvalue weighted by Gasteiger charge is -2.03. The van der Waals surface area contributed by atoms with Gasteiger partial charge in [0.2, 0.25) is 0 Å². The number of phenols is 1. The zero-order valence-electron chi connectivity index (χ0n) is 7.20. The summed E-state index contributed by atoms with van der Waals surface area (Å²) >= 11 is 3.27. The van der Waals surface area contributed by atoms with Crippen molar-refractivity contribution in [2.45, 2.75) is 0 Å². The van der Waals surface area contributed by atoms with E-state index >= 15 is 0 Å². The van der Waals surface area contributed by atoms with Crippen LogP contribution in [0.25, 0.3) is 0 Å². The van der Waals surface area contributed by atoms with Gasteiger partial charge in [-0.05, 0) is 12.1 Å². The number of benzene rings is 1. The SMILES string of the molecule is CO/N=C(\CBr)c1ccccc1O. The van der Waals surface area contributed by atoms with E-state index in [1.54, 1.807) is 18.2 Å². The van der Waals surface area contributed by atoms with Crippen LogP contribution in [0.15, 0.2) is 29.4 Å². The van der Waals surface area contributed by atoms with Gasteiger partial charge in [0.05, 0.1) is 0 Å². The van der Waals surface area contributed by atoms with Gasteiger partial charge in [0.1, 0.15) is 18.6 Å². The highest BCUT2D eigenvalue weighted by Gasteiger charge is 2.06. The van der Waals surface area contributed by atoms with E-state index in [1.807, 2.05) is 6.07 Å². The Morgan fingerprint density at radius 1 is 1.54 bits per heavy atom. The van der Waals surface area contributed by atoms with Crippen molar-refractivity contribution in [1.82, 2.24) is 0 Å². The summed E-state index contributed by atoms with van der Waals surface area (Å²) in [4.78, 5) is 4.65. The quantitative estimate of drug-likeness (QED) is 0.502. The van der Waals surface area contributed by atoms with Crippen LogP contribution in [0, 0.1) is 0 Å². The first-order valence-corrected chi connectivity index (χ1v) is 4.86. The predicted molar refractivity (Wildman–Crippen MR) is 55.4 cm³/mol. The molecule has 0 saturated heterocycles. The second kappa shape index (κ2) is 4.87. The van der Waals surface area contributed by atoms with Crippen LogP contribution in [0.1, 0.15) is 5.56 Å². The molecule has 4 heteroatoms. The number of nitrogens with zero attached hydrogens (tertiary/aromatic N) is 1. The van der Waals surface area contributed by atoms with Gasteiger partial charge in [0.15, 0.2) is 0 Å². The van der Waals surface area contributed by atoms with Crippen LogP contribution >= 0.6 is 15.9 Å². The molecule has 0 aliphatic heterocycles. The summed E-state index contributed by atoms with van der Waals surface area (Å²) in [6.07, 6.45) is 0. The van der Waals surface area contributed by atoms with Crippen LogP contribution in [0.5, 0.6) is 5.75 Å². The van der Waals surface area contributed by atoms with Crippen LogP contribution in [-0.2, 0) is 4.84 Å². The second-order valence-electron chi connectivity index (χ2n) is 2.37. The smallest absolute Gasteiger partial charge is 0.124 e. The van der Waals surface area contributed by atoms with E-state index in [0.29, 0.717) is 16.6 Å². The number of hydrogen-bond acceptors (Lipinski definition) is 3. The fourth-order valence-electron chi connectivity index (χ4n) is 0.973. The minimum atomic E-state index is 0.206. The van der Waals surface area contributed by atoms with Gasteiger partial charge in [-0.15, -0.1) is 0 Å². The molecule has 0 heterocycles. The lowest BCUT2D eigenvalue weighted by molar-refractivity contribution is 0.213. The molecule has 70 valence electrons. The van der Waals surface area contributed by atoms with Gasteiger partial charge in [-0.25, -0.2) is 0 Å². The molecule has 3 nitrogen and oxygen atoms in total. The molecule has 1 aromatic rings. The summed E-state index contributed by atoms with van der Waals surface area (Å²) in [5.41, 5.74) is 1.35. The van der Waals surface area contributed by atoms with Crippen molar-refractivity contribution in [3.05, 3.63) is 29.8 Å². The molecule has 1 aromatic carbocycles. The molecule has 0 fully saturated rings. The molecular formula is C9H10BrNO2. The Balaban J connectivity index is 3.05. The normalized spacial score (nSPS) is 11.4. The molecule has 0 amide bonds. The van der Waals surface area contributed by atoms with E-state index in [9.17, 15) is 5.11 Å². The molecule has 0 aliphatic rings. The van der Waals surface area contributed by atoms with Gasteiger partial charge < -0.3 is 9.94 Å². The Hall–Kier alpha value is -1.03. The molecule has 1 rings (SSSR count). The third-order valence-corrected chi connectivity index (χ3v) is 2.07. The van der Waals surface area contributed by atoms with Crippen molar-refractivity contribution in [1.29, 1.82) is 0 Å². The van der Waals surface area contributed by atoms with Crippen molar-refractivity contribution in [2.75, 3.05) is 12.4 Å². The maximum Gasteiger partial charge on any atom is 0.124 e. The fraction of sp³-hybridized carbons (Fsp3) is 0.222. The summed E-state index contributed by atoms with van der Waals surface area (Å²) in [6.45, 7) is 0. The average molecular weight is 244 g/mol. The largest absolute Gasteiger partial charge is 0.507 e. The maximum atomic E-state index is 9.48. The van der Waals surface area contributed by atoms with Crippen molar-refractivity contribution >= 4 is 21.6 Å². The molecule has 0 atom stereocenters. The minimum absolute atomic E-state index is 0.206. The molecule has 0 radical (unpaired) electrons. The highest BCUT2D eigenvalue weighted by molar-refractivity contribution is 9.09. The first kappa shape index (κ1) is 10.1. The first-order valence-electron chi connectivity index (χ1n) is 3.74. The van der Waals surface area contributed by atoms with Gasteiger partial charge in [0, 0.05) is 10.9 Å². The minimum Gasteiger partial charge on any atom is -0.507 e. The average Bonchev–Trinajstić information content (AvgIpc) is 2.16. The monoisotopic (exact) mass is 243 g/mol. The third-order valence-electron chi connectivity index (χ3n) is 1.54. The van der Waals surface area contributed by atoms with Gasteiger partial charge in [0.25, 0.3) is 0 Å². The third kappa shape index (κ3) is 2.45. The van der Waals surface area contributed by atoms with E-state index in [-0.39, 0.29) is 5.75 Å². The Morgan fingerprint density at radius 3 is 2.77 bits per heavy atom. The van der Waals surface area contributed by atoms with E-state index in [4.69, 9.17) is 0 Å². The first-order chi connectivity index (χ1) is 6.29. The van der Waals surface area contributed by atoms with E-state index in [0.717, 1.165) is 0 Å². The molecule has 13 heavy (non-hydrogen) atoms. The molecule has 0 spiro atoms. The summed E-state index contributed by atoms with van der Waals surface area (Å²) in [7, 11) is 1.47. The molecule has 0 aromatic heterocycles. The number of alkyl halides is 1. The van der Waals surface area contributed by atoms with Crippen LogP contribution < -0.4 is 0 Å². The summed E-state index contributed by atoms with van der Waals surface area (Å²) < 4.78 is 0. The van der Waals surface area contributed by atoms with Crippen LogP contribution in [-0.4, -0.2) is 23.3 Å². The molecule has 0 unspecified atom stereocenters. The van der Waals surface area contributed by atoms with Crippen molar-refractivity contribution in [2.24, 2.45) is 5.16 Å². The van der Waals surface area contributed by atoms with E-state index < -0.39 is 0 Å². The number of halogens is 1. The number of para-hydroxylation sites is 1. The highest BCUT2D eigenvalue weighted by atomic mass is 79.9.